The maximum absolute atomic E-state index is 6.54. The molecule has 0 saturated heterocycles. The number of hydrogen-bond acceptors (Lipinski definition) is 3. The Morgan fingerprint density at radius 3 is 2.43 bits per heavy atom. The Morgan fingerprint density at radius 2 is 1.86 bits per heavy atom. The van der Waals surface area contributed by atoms with Gasteiger partial charge >= 0.3 is 0 Å². The molecule has 0 spiro atoms. The Hall–Kier alpha value is -1.22. The minimum atomic E-state index is 0.0634. The van der Waals surface area contributed by atoms with E-state index in [1.807, 2.05) is 12.1 Å². The van der Waals surface area contributed by atoms with Gasteiger partial charge in [-0.15, -0.1) is 0 Å². The summed E-state index contributed by atoms with van der Waals surface area (Å²) in [5, 5.41) is 0. The lowest BCUT2D eigenvalue weighted by molar-refractivity contribution is 0.232. The highest BCUT2D eigenvalue weighted by molar-refractivity contribution is 5.42. The number of benzene rings is 1. The molecule has 0 radical (unpaired) electrons. The summed E-state index contributed by atoms with van der Waals surface area (Å²) in [5.41, 5.74) is 7.64. The topological polar surface area (TPSA) is 44.5 Å². The molecule has 1 aliphatic rings. The first-order chi connectivity index (χ1) is 10.2. The molecule has 0 aliphatic heterocycles. The first kappa shape index (κ1) is 16.2. The van der Waals surface area contributed by atoms with Crippen molar-refractivity contribution in [3.63, 3.8) is 0 Å². The van der Waals surface area contributed by atoms with Crippen LogP contribution in [0.5, 0.6) is 11.5 Å². The SMILES string of the molecule is CCCC1CCC(C(N)c2ccc(OC)cc2OC)CC1. The van der Waals surface area contributed by atoms with Crippen molar-refractivity contribution in [2.45, 2.75) is 51.5 Å². The largest absolute Gasteiger partial charge is 0.497 e. The van der Waals surface area contributed by atoms with Crippen molar-refractivity contribution in [1.82, 2.24) is 0 Å². The zero-order valence-electron chi connectivity index (χ0n) is 13.6. The Morgan fingerprint density at radius 1 is 1.14 bits per heavy atom. The summed E-state index contributed by atoms with van der Waals surface area (Å²) in [5.74, 6) is 3.14. The van der Waals surface area contributed by atoms with Crippen LogP contribution in [-0.4, -0.2) is 14.2 Å². The van der Waals surface area contributed by atoms with Crippen molar-refractivity contribution >= 4 is 0 Å². The second-order valence-electron chi connectivity index (χ2n) is 6.20. The van der Waals surface area contributed by atoms with E-state index in [4.69, 9.17) is 15.2 Å². The fraction of sp³-hybridized carbons (Fsp3) is 0.667. The molecule has 3 heteroatoms. The van der Waals surface area contributed by atoms with Crippen LogP contribution < -0.4 is 15.2 Å². The lowest BCUT2D eigenvalue weighted by Crippen LogP contribution is -2.26. The minimum Gasteiger partial charge on any atom is -0.497 e. The fourth-order valence-electron chi connectivity index (χ4n) is 3.59. The van der Waals surface area contributed by atoms with Crippen LogP contribution in [0.25, 0.3) is 0 Å². The zero-order valence-corrected chi connectivity index (χ0v) is 13.6. The molecule has 1 saturated carbocycles. The summed E-state index contributed by atoms with van der Waals surface area (Å²) in [6.07, 6.45) is 7.79. The van der Waals surface area contributed by atoms with Crippen LogP contribution in [0.2, 0.25) is 0 Å². The Bertz CT molecular complexity index is 439. The quantitative estimate of drug-likeness (QED) is 0.849. The van der Waals surface area contributed by atoms with E-state index in [1.165, 1.54) is 38.5 Å². The highest BCUT2D eigenvalue weighted by Crippen LogP contribution is 2.40. The summed E-state index contributed by atoms with van der Waals surface area (Å²) in [7, 11) is 3.37. The maximum Gasteiger partial charge on any atom is 0.127 e. The second-order valence-corrected chi connectivity index (χ2v) is 6.20. The van der Waals surface area contributed by atoms with E-state index >= 15 is 0 Å². The van der Waals surface area contributed by atoms with Gasteiger partial charge < -0.3 is 15.2 Å². The highest BCUT2D eigenvalue weighted by Gasteiger charge is 2.27. The Kier molecular flexibility index (Phi) is 5.92. The van der Waals surface area contributed by atoms with Gasteiger partial charge in [0.1, 0.15) is 11.5 Å². The van der Waals surface area contributed by atoms with E-state index < -0.39 is 0 Å². The van der Waals surface area contributed by atoms with Gasteiger partial charge in [-0.1, -0.05) is 38.7 Å². The van der Waals surface area contributed by atoms with Gasteiger partial charge in [-0.3, -0.25) is 0 Å². The number of nitrogens with two attached hydrogens (primary N) is 1. The van der Waals surface area contributed by atoms with Crippen molar-refractivity contribution in [2.24, 2.45) is 17.6 Å². The van der Waals surface area contributed by atoms with Crippen LogP contribution >= 0.6 is 0 Å². The molecule has 1 aliphatic carbocycles. The third kappa shape index (κ3) is 3.91. The van der Waals surface area contributed by atoms with Gasteiger partial charge in [0.2, 0.25) is 0 Å². The lowest BCUT2D eigenvalue weighted by atomic mass is 9.75. The summed E-state index contributed by atoms with van der Waals surface area (Å²) in [6, 6.07) is 6.02. The van der Waals surface area contributed by atoms with Crippen molar-refractivity contribution in [3.05, 3.63) is 23.8 Å². The summed E-state index contributed by atoms with van der Waals surface area (Å²) < 4.78 is 10.8. The van der Waals surface area contributed by atoms with E-state index in [-0.39, 0.29) is 6.04 Å². The van der Waals surface area contributed by atoms with Crippen molar-refractivity contribution in [2.75, 3.05) is 14.2 Å². The van der Waals surface area contributed by atoms with E-state index in [9.17, 15) is 0 Å². The standard InChI is InChI=1S/C18H29NO2/c1-4-5-13-6-8-14(9-7-13)18(19)16-11-10-15(20-2)12-17(16)21-3/h10-14,18H,4-9,19H2,1-3H3. The van der Waals surface area contributed by atoms with Gasteiger partial charge in [-0.25, -0.2) is 0 Å². The monoisotopic (exact) mass is 291 g/mol. The zero-order chi connectivity index (χ0) is 15.2. The summed E-state index contributed by atoms with van der Waals surface area (Å²) in [6.45, 7) is 2.28. The molecule has 1 fully saturated rings. The smallest absolute Gasteiger partial charge is 0.127 e. The average Bonchev–Trinajstić information content (AvgIpc) is 2.54. The van der Waals surface area contributed by atoms with Crippen molar-refractivity contribution in [1.29, 1.82) is 0 Å². The molecule has 0 aromatic heterocycles. The summed E-state index contributed by atoms with van der Waals surface area (Å²) in [4.78, 5) is 0. The molecule has 2 rings (SSSR count). The third-order valence-corrected chi connectivity index (χ3v) is 4.90. The van der Waals surface area contributed by atoms with Crippen LogP contribution in [0.1, 0.15) is 57.1 Å². The normalized spacial score (nSPS) is 23.6. The second kappa shape index (κ2) is 7.69. The van der Waals surface area contributed by atoms with Gasteiger partial charge in [0.25, 0.3) is 0 Å². The molecule has 0 amide bonds. The fourth-order valence-corrected chi connectivity index (χ4v) is 3.59. The van der Waals surface area contributed by atoms with Crippen molar-refractivity contribution < 1.29 is 9.47 Å². The van der Waals surface area contributed by atoms with E-state index in [2.05, 4.69) is 13.0 Å². The molecule has 0 bridgehead atoms. The highest BCUT2D eigenvalue weighted by atomic mass is 16.5. The maximum atomic E-state index is 6.54. The Labute approximate surface area is 128 Å². The van der Waals surface area contributed by atoms with Gasteiger partial charge in [0.05, 0.1) is 14.2 Å². The molecule has 2 N–H and O–H groups in total. The van der Waals surface area contributed by atoms with Gasteiger partial charge in [0.15, 0.2) is 0 Å². The first-order valence-corrected chi connectivity index (χ1v) is 8.17. The van der Waals surface area contributed by atoms with E-state index in [0.29, 0.717) is 5.92 Å². The number of hydrogen-bond donors (Lipinski definition) is 1. The molecule has 1 aromatic carbocycles. The molecule has 1 unspecified atom stereocenters. The molecular formula is C18H29NO2. The van der Waals surface area contributed by atoms with Gasteiger partial charge in [0, 0.05) is 17.7 Å². The third-order valence-electron chi connectivity index (χ3n) is 4.90. The van der Waals surface area contributed by atoms with Crippen LogP contribution in [0, 0.1) is 11.8 Å². The number of methoxy groups -OCH3 is 2. The van der Waals surface area contributed by atoms with Crippen LogP contribution in [0.15, 0.2) is 18.2 Å². The molecular weight excluding hydrogens is 262 g/mol. The van der Waals surface area contributed by atoms with Crippen molar-refractivity contribution in [3.8, 4) is 11.5 Å². The minimum absolute atomic E-state index is 0.0634. The number of rotatable bonds is 6. The molecule has 1 atom stereocenters. The predicted molar refractivity (Wildman–Crippen MR) is 86.8 cm³/mol. The van der Waals surface area contributed by atoms with E-state index in [0.717, 1.165) is 23.0 Å². The molecule has 118 valence electrons. The summed E-state index contributed by atoms with van der Waals surface area (Å²) >= 11 is 0. The van der Waals surface area contributed by atoms with Crippen LogP contribution in [-0.2, 0) is 0 Å². The van der Waals surface area contributed by atoms with E-state index in [1.54, 1.807) is 14.2 Å². The number of ether oxygens (including phenoxy) is 2. The van der Waals surface area contributed by atoms with Gasteiger partial charge in [-0.05, 0) is 30.7 Å². The Balaban J connectivity index is 2.05. The van der Waals surface area contributed by atoms with Crippen LogP contribution in [0.4, 0.5) is 0 Å². The molecule has 1 aromatic rings. The first-order valence-electron chi connectivity index (χ1n) is 8.17. The van der Waals surface area contributed by atoms with Crippen LogP contribution in [0.3, 0.4) is 0 Å². The molecule has 21 heavy (non-hydrogen) atoms. The molecule has 0 heterocycles. The lowest BCUT2D eigenvalue weighted by Gasteiger charge is -2.32. The predicted octanol–water partition coefficient (Wildman–Crippen LogP) is 4.31. The molecule has 3 nitrogen and oxygen atoms in total. The van der Waals surface area contributed by atoms with Gasteiger partial charge in [-0.2, -0.15) is 0 Å². The average molecular weight is 291 g/mol.